The van der Waals surface area contributed by atoms with Crippen molar-refractivity contribution >= 4 is 37.5 Å². The van der Waals surface area contributed by atoms with Gasteiger partial charge in [-0.05, 0) is 36.2 Å². The summed E-state index contributed by atoms with van der Waals surface area (Å²) in [5, 5.41) is 3.06. The summed E-state index contributed by atoms with van der Waals surface area (Å²) in [4.78, 5) is 7.22. The maximum Gasteiger partial charge on any atom is 0.268 e. The van der Waals surface area contributed by atoms with Crippen LogP contribution in [0.2, 0.25) is 5.02 Å². The second kappa shape index (κ2) is 7.70. The molecule has 0 fully saturated rings. The van der Waals surface area contributed by atoms with Crippen LogP contribution in [0.1, 0.15) is 5.56 Å². The molecule has 10 heteroatoms. The van der Waals surface area contributed by atoms with Crippen molar-refractivity contribution in [2.45, 2.75) is 4.90 Å². The zero-order valence-corrected chi connectivity index (χ0v) is 16.9. The highest BCUT2D eigenvalue weighted by atomic mass is 35.5. The van der Waals surface area contributed by atoms with Crippen LogP contribution in [0, 0.1) is 17.0 Å². The van der Waals surface area contributed by atoms with Crippen molar-refractivity contribution in [1.82, 2.24) is 9.97 Å². The maximum absolute atomic E-state index is 14.6. The van der Waals surface area contributed by atoms with Crippen LogP contribution in [-0.2, 0) is 10.0 Å². The monoisotopic (exact) mass is 417 g/mol. The largest absolute Gasteiger partial charge is 0.480 e. The summed E-state index contributed by atoms with van der Waals surface area (Å²) < 4.78 is 46.8. The molecule has 2 aromatic heterocycles. The van der Waals surface area contributed by atoms with Crippen LogP contribution in [0.25, 0.3) is 0 Å². The zero-order valence-electron chi connectivity index (χ0n) is 14.5. The van der Waals surface area contributed by atoms with Crippen molar-refractivity contribution in [3.63, 3.8) is 0 Å². The van der Waals surface area contributed by atoms with Crippen LogP contribution in [0.4, 0.5) is 10.2 Å². The van der Waals surface area contributed by atoms with Gasteiger partial charge in [0.2, 0.25) is 5.88 Å². The van der Waals surface area contributed by atoms with Gasteiger partial charge in [-0.3, -0.25) is 4.72 Å². The molecule has 2 heterocycles. The molecule has 0 amide bonds. The highest BCUT2D eigenvalue weighted by Gasteiger charge is 2.24. The van der Waals surface area contributed by atoms with Gasteiger partial charge in [0.15, 0.2) is 16.5 Å². The van der Waals surface area contributed by atoms with Gasteiger partial charge in [-0.1, -0.05) is 17.5 Å². The second-order valence-electron chi connectivity index (χ2n) is 5.85. The standard InChI is InChI=1S/C16H17ClFN3O3S2/c1-24-16-13(9-12(17)10-20-16)26(22,23)21-15-14(18)11(5-7-19-15)6-8-25(2,3)4/h5,7,9-10H,1-4H3,(H,19,21). The van der Waals surface area contributed by atoms with E-state index in [0.29, 0.717) is 0 Å². The van der Waals surface area contributed by atoms with E-state index in [-0.39, 0.29) is 21.4 Å². The van der Waals surface area contributed by atoms with Crippen LogP contribution in [-0.4, -0.2) is 44.3 Å². The number of halogens is 2. The molecule has 1 N–H and O–H groups in total. The molecular formula is C16H17ClFN3O3S2. The summed E-state index contributed by atoms with van der Waals surface area (Å²) in [5.41, 5.74) is 0.0521. The predicted octanol–water partition coefficient (Wildman–Crippen LogP) is 3.08. The number of pyridine rings is 2. The van der Waals surface area contributed by atoms with E-state index in [2.05, 4.69) is 25.9 Å². The molecule has 0 saturated heterocycles. The molecule has 6 nitrogen and oxygen atoms in total. The number of hydrogen-bond acceptors (Lipinski definition) is 5. The average Bonchev–Trinajstić information content (AvgIpc) is 2.54. The summed E-state index contributed by atoms with van der Waals surface area (Å²) in [6.07, 6.45) is 8.39. The van der Waals surface area contributed by atoms with Crippen molar-refractivity contribution in [1.29, 1.82) is 0 Å². The van der Waals surface area contributed by atoms with Crippen LogP contribution in [0.15, 0.2) is 29.4 Å². The molecule has 0 radical (unpaired) electrons. The van der Waals surface area contributed by atoms with Gasteiger partial charge in [0, 0.05) is 12.4 Å². The van der Waals surface area contributed by atoms with Gasteiger partial charge in [0.25, 0.3) is 10.0 Å². The Morgan fingerprint density at radius 2 is 1.96 bits per heavy atom. The number of rotatable bonds is 4. The van der Waals surface area contributed by atoms with Crippen molar-refractivity contribution < 1.29 is 17.5 Å². The Labute approximate surface area is 158 Å². The molecule has 0 spiro atoms. The fraction of sp³-hybridized carbons (Fsp3) is 0.250. The quantitative estimate of drug-likeness (QED) is 0.773. The molecule has 0 unspecified atom stereocenters. The molecule has 140 valence electrons. The maximum atomic E-state index is 14.6. The molecule has 2 aromatic rings. The number of methoxy groups -OCH3 is 1. The van der Waals surface area contributed by atoms with Crippen molar-refractivity contribution in [2.75, 3.05) is 30.6 Å². The summed E-state index contributed by atoms with van der Waals surface area (Å²) >= 11 is 5.81. The van der Waals surface area contributed by atoms with Gasteiger partial charge >= 0.3 is 0 Å². The minimum absolute atomic E-state index is 0.0521. The van der Waals surface area contributed by atoms with Gasteiger partial charge in [-0.15, -0.1) is 0 Å². The van der Waals surface area contributed by atoms with Crippen molar-refractivity contribution in [3.8, 4) is 17.1 Å². The molecule has 0 aliphatic heterocycles. The average molecular weight is 418 g/mol. The predicted molar refractivity (Wildman–Crippen MR) is 103 cm³/mol. The SMILES string of the molecule is COc1ncc(Cl)cc1S(=O)(=O)Nc1nccc(C#CS(C)(C)C)c1F. The van der Waals surface area contributed by atoms with E-state index < -0.39 is 31.7 Å². The first-order chi connectivity index (χ1) is 12.0. The molecular weight excluding hydrogens is 401 g/mol. The van der Waals surface area contributed by atoms with Crippen molar-refractivity contribution in [3.05, 3.63) is 40.9 Å². The smallest absolute Gasteiger partial charge is 0.268 e. The fourth-order valence-electron chi connectivity index (χ4n) is 1.76. The Hall–Kier alpha value is -2.02. The lowest BCUT2D eigenvalue weighted by Gasteiger charge is -2.15. The lowest BCUT2D eigenvalue weighted by atomic mass is 10.2. The van der Waals surface area contributed by atoms with Gasteiger partial charge in [-0.2, -0.15) is 10.0 Å². The van der Waals surface area contributed by atoms with Gasteiger partial charge in [0.1, 0.15) is 0 Å². The Morgan fingerprint density at radius 1 is 1.27 bits per heavy atom. The number of anilines is 1. The minimum atomic E-state index is -4.23. The highest BCUT2D eigenvalue weighted by molar-refractivity contribution is 8.35. The van der Waals surface area contributed by atoms with Crippen LogP contribution in [0.5, 0.6) is 5.88 Å². The van der Waals surface area contributed by atoms with Crippen LogP contribution < -0.4 is 9.46 Å². The summed E-state index contributed by atoms with van der Waals surface area (Å²) in [6, 6.07) is 2.53. The molecule has 0 aliphatic rings. The summed E-state index contributed by atoms with van der Waals surface area (Å²) in [7, 11) is -4.14. The fourth-order valence-corrected chi connectivity index (χ4v) is 3.55. The number of nitrogens with zero attached hydrogens (tertiary/aromatic N) is 2. The molecule has 26 heavy (non-hydrogen) atoms. The van der Waals surface area contributed by atoms with E-state index >= 15 is 0 Å². The third-order valence-corrected chi connectivity index (χ3v) is 5.13. The normalized spacial score (nSPS) is 12.1. The van der Waals surface area contributed by atoms with E-state index in [1.165, 1.54) is 25.6 Å². The Bertz CT molecular complexity index is 996. The van der Waals surface area contributed by atoms with Gasteiger partial charge < -0.3 is 4.74 Å². The Balaban J connectivity index is 2.45. The van der Waals surface area contributed by atoms with E-state index in [0.717, 1.165) is 6.07 Å². The number of ether oxygens (including phenoxy) is 1. The summed E-state index contributed by atoms with van der Waals surface area (Å²) in [5.74, 6) is 1.23. The van der Waals surface area contributed by atoms with E-state index in [4.69, 9.17) is 16.3 Å². The first-order valence-electron chi connectivity index (χ1n) is 7.11. The van der Waals surface area contributed by atoms with Crippen LogP contribution >= 0.6 is 21.6 Å². The first-order valence-corrected chi connectivity index (χ1v) is 11.8. The van der Waals surface area contributed by atoms with E-state index in [1.807, 2.05) is 18.8 Å². The molecule has 0 saturated carbocycles. The minimum Gasteiger partial charge on any atom is -0.480 e. The third kappa shape index (κ3) is 5.00. The highest BCUT2D eigenvalue weighted by Crippen LogP contribution is 2.32. The third-order valence-electron chi connectivity index (χ3n) is 2.88. The second-order valence-corrected chi connectivity index (χ2v) is 11.8. The lowest BCUT2D eigenvalue weighted by molar-refractivity contribution is 0.385. The molecule has 0 atom stereocenters. The number of hydrogen-bond donors (Lipinski definition) is 1. The number of nitrogens with one attached hydrogen (secondary N) is 1. The Kier molecular flexibility index (Phi) is 6.01. The van der Waals surface area contributed by atoms with Gasteiger partial charge in [0.05, 0.1) is 17.7 Å². The first kappa shape index (κ1) is 20.3. The van der Waals surface area contributed by atoms with Crippen LogP contribution in [0.3, 0.4) is 0 Å². The molecule has 0 aromatic carbocycles. The van der Waals surface area contributed by atoms with E-state index in [9.17, 15) is 12.8 Å². The van der Waals surface area contributed by atoms with Gasteiger partial charge in [-0.25, -0.2) is 22.8 Å². The number of aromatic nitrogens is 2. The molecule has 2 rings (SSSR count). The zero-order chi connectivity index (χ0) is 19.5. The topological polar surface area (TPSA) is 81.2 Å². The van der Waals surface area contributed by atoms with E-state index in [1.54, 1.807) is 0 Å². The van der Waals surface area contributed by atoms with Crippen molar-refractivity contribution in [2.24, 2.45) is 0 Å². The summed E-state index contributed by atoms with van der Waals surface area (Å²) in [6.45, 7) is 0. The molecule has 0 aliphatic carbocycles. The number of sulfonamides is 1. The lowest BCUT2D eigenvalue weighted by Crippen LogP contribution is -2.17. The Morgan fingerprint density at radius 3 is 2.58 bits per heavy atom. The molecule has 0 bridgehead atoms.